The van der Waals surface area contributed by atoms with Gasteiger partial charge < -0.3 is 19.5 Å². The monoisotopic (exact) mass is 465 g/mol. The molecule has 0 spiro atoms. The molecule has 0 heterocycles. The van der Waals surface area contributed by atoms with Crippen LogP contribution >= 0.6 is 0 Å². The Morgan fingerprint density at radius 3 is 1.60 bits per heavy atom. The third-order valence-corrected chi connectivity index (χ3v) is 7.31. The summed E-state index contributed by atoms with van der Waals surface area (Å²) in [6.45, 7) is 5.48. The Labute approximate surface area is 173 Å². The van der Waals surface area contributed by atoms with Crippen molar-refractivity contribution in [3.63, 3.8) is 0 Å². The van der Waals surface area contributed by atoms with Gasteiger partial charge in [-0.2, -0.15) is 17.6 Å². The first-order valence-electron chi connectivity index (χ1n) is 9.82. The maximum Gasteiger partial charge on any atom is 0.396 e. The third kappa shape index (κ3) is 4.76. The summed E-state index contributed by atoms with van der Waals surface area (Å²) in [6.07, 6.45) is -0.868. The summed E-state index contributed by atoms with van der Waals surface area (Å²) in [5.41, 5.74) is -2.64. The molecule has 0 radical (unpaired) electrons. The molecule has 1 saturated carbocycles. The molecule has 1 fully saturated rings. The Hall–Kier alpha value is -0.980. The largest absolute Gasteiger partial charge is 0.743 e. The molecular weight excluding hydrogens is 436 g/mol. The second kappa shape index (κ2) is 8.87. The SMILES string of the molecule is CCC(O)(CC)C1C(C(=O)OCCC(F)(F)C(F)(F)S(=O)(=O)[O-])C1C(O)(CC)CC. The number of alkyl halides is 4. The van der Waals surface area contributed by atoms with E-state index in [-0.39, 0.29) is 25.7 Å². The molecule has 0 aromatic heterocycles. The number of carbonyl (C=O) groups is 1. The van der Waals surface area contributed by atoms with E-state index in [0.29, 0.717) is 0 Å². The van der Waals surface area contributed by atoms with Crippen molar-refractivity contribution in [3.05, 3.63) is 0 Å². The van der Waals surface area contributed by atoms with Crippen LogP contribution in [0, 0.1) is 17.8 Å². The topological polar surface area (TPSA) is 124 Å². The van der Waals surface area contributed by atoms with Crippen LogP contribution in [0.4, 0.5) is 17.6 Å². The molecule has 2 unspecified atom stereocenters. The van der Waals surface area contributed by atoms with Gasteiger partial charge in [0.05, 0.1) is 30.1 Å². The van der Waals surface area contributed by atoms with E-state index in [0.717, 1.165) is 0 Å². The van der Waals surface area contributed by atoms with E-state index >= 15 is 0 Å². The zero-order valence-corrected chi connectivity index (χ0v) is 18.1. The van der Waals surface area contributed by atoms with Crippen molar-refractivity contribution in [3.8, 4) is 0 Å². The third-order valence-electron chi connectivity index (χ3n) is 6.38. The zero-order chi connectivity index (χ0) is 23.8. The van der Waals surface area contributed by atoms with Crippen molar-refractivity contribution in [2.24, 2.45) is 17.8 Å². The molecule has 7 nitrogen and oxygen atoms in total. The minimum absolute atomic E-state index is 0.254. The second-order valence-electron chi connectivity index (χ2n) is 7.79. The van der Waals surface area contributed by atoms with Gasteiger partial charge in [-0.25, -0.2) is 8.42 Å². The summed E-state index contributed by atoms with van der Waals surface area (Å²) in [6, 6.07) is 0. The summed E-state index contributed by atoms with van der Waals surface area (Å²) in [4.78, 5) is 12.5. The molecule has 2 N–H and O–H groups in total. The Balaban J connectivity index is 2.96. The lowest BCUT2D eigenvalue weighted by Gasteiger charge is -2.30. The highest BCUT2D eigenvalue weighted by atomic mass is 32.2. The maximum atomic E-state index is 13.5. The molecule has 1 aliphatic rings. The molecule has 1 aliphatic carbocycles. The lowest BCUT2D eigenvalue weighted by molar-refractivity contribution is -0.175. The van der Waals surface area contributed by atoms with Crippen molar-refractivity contribution in [2.75, 3.05) is 6.61 Å². The molecule has 12 heteroatoms. The molecule has 30 heavy (non-hydrogen) atoms. The van der Waals surface area contributed by atoms with Gasteiger partial charge in [0.2, 0.25) is 0 Å². The predicted molar refractivity (Wildman–Crippen MR) is 96.7 cm³/mol. The molecule has 0 aliphatic heterocycles. The number of esters is 1. The zero-order valence-electron chi connectivity index (χ0n) is 17.3. The van der Waals surface area contributed by atoms with Crippen LogP contribution in [0.1, 0.15) is 59.8 Å². The van der Waals surface area contributed by atoms with Crippen molar-refractivity contribution >= 4 is 16.1 Å². The number of ether oxygens (including phenoxy) is 1. The van der Waals surface area contributed by atoms with E-state index in [2.05, 4.69) is 4.74 Å². The first kappa shape index (κ1) is 27.1. The average Bonchev–Trinajstić information content (AvgIpc) is 3.42. The summed E-state index contributed by atoms with van der Waals surface area (Å²) in [5.74, 6) is -8.76. The van der Waals surface area contributed by atoms with Crippen molar-refractivity contribution in [1.82, 2.24) is 0 Å². The van der Waals surface area contributed by atoms with E-state index in [1.165, 1.54) is 0 Å². The first-order chi connectivity index (χ1) is 13.5. The number of hydrogen-bond acceptors (Lipinski definition) is 7. The van der Waals surface area contributed by atoms with E-state index < -0.39 is 69.2 Å². The lowest BCUT2D eigenvalue weighted by atomic mass is 9.84. The Morgan fingerprint density at radius 2 is 1.30 bits per heavy atom. The van der Waals surface area contributed by atoms with Gasteiger partial charge in [0.15, 0.2) is 10.1 Å². The van der Waals surface area contributed by atoms with E-state index in [1.54, 1.807) is 27.7 Å². The highest BCUT2D eigenvalue weighted by Crippen LogP contribution is 2.61. The highest BCUT2D eigenvalue weighted by Gasteiger charge is 2.69. The molecule has 2 atom stereocenters. The predicted octanol–water partition coefficient (Wildman–Crippen LogP) is 2.66. The van der Waals surface area contributed by atoms with Gasteiger partial charge in [0.1, 0.15) is 0 Å². The second-order valence-corrected chi connectivity index (χ2v) is 9.21. The lowest BCUT2D eigenvalue weighted by Crippen LogP contribution is -2.47. The van der Waals surface area contributed by atoms with Gasteiger partial charge in [-0.1, -0.05) is 27.7 Å². The Kier molecular flexibility index (Phi) is 8.00. The van der Waals surface area contributed by atoms with E-state index in [1.807, 2.05) is 0 Å². The molecule has 0 aromatic carbocycles. The van der Waals surface area contributed by atoms with Crippen LogP contribution in [0.3, 0.4) is 0 Å². The highest BCUT2D eigenvalue weighted by molar-refractivity contribution is 7.86. The molecular formula is C18H29F4O7S-. The minimum Gasteiger partial charge on any atom is -0.743 e. The molecule has 178 valence electrons. The standard InChI is InChI=1S/C18H30F4O7S/c1-5-15(24,6-2)12-11(13(12)16(25,7-3)8-4)14(23)29-10-9-17(19,20)18(21,22)30(26,27)28/h11-13,24-25H,5-10H2,1-4H3,(H,26,27,28)/p-1. The molecule has 0 bridgehead atoms. The molecule has 0 saturated heterocycles. The number of halogens is 4. The smallest absolute Gasteiger partial charge is 0.396 e. The fourth-order valence-corrected chi connectivity index (χ4v) is 4.56. The number of rotatable bonds is 12. The molecule has 0 amide bonds. The number of carbonyl (C=O) groups excluding carboxylic acids is 1. The fourth-order valence-electron chi connectivity index (χ4n) is 4.09. The Morgan fingerprint density at radius 1 is 0.933 bits per heavy atom. The minimum atomic E-state index is -6.62. The van der Waals surface area contributed by atoms with Gasteiger partial charge in [0.25, 0.3) is 0 Å². The van der Waals surface area contributed by atoms with Gasteiger partial charge >= 0.3 is 17.1 Å². The van der Waals surface area contributed by atoms with Crippen LogP contribution in [0.15, 0.2) is 0 Å². The van der Waals surface area contributed by atoms with E-state index in [9.17, 15) is 45.5 Å². The number of hydrogen-bond donors (Lipinski definition) is 2. The van der Waals surface area contributed by atoms with Crippen LogP contribution in [-0.4, -0.2) is 58.1 Å². The van der Waals surface area contributed by atoms with Gasteiger partial charge in [-0.3, -0.25) is 4.79 Å². The molecule has 0 aromatic rings. The van der Waals surface area contributed by atoms with Crippen molar-refractivity contribution < 1.29 is 50.3 Å². The summed E-state index contributed by atoms with van der Waals surface area (Å²) in [7, 11) is -6.62. The van der Waals surface area contributed by atoms with Crippen LogP contribution in [-0.2, 0) is 19.6 Å². The average molecular weight is 465 g/mol. The van der Waals surface area contributed by atoms with E-state index in [4.69, 9.17) is 0 Å². The van der Waals surface area contributed by atoms with Crippen LogP contribution < -0.4 is 0 Å². The van der Waals surface area contributed by atoms with Gasteiger partial charge in [-0.05, 0) is 25.7 Å². The summed E-state index contributed by atoms with van der Waals surface area (Å²) in [5, 5.41) is 15.8. The summed E-state index contributed by atoms with van der Waals surface area (Å²) >= 11 is 0. The maximum absolute atomic E-state index is 13.5. The van der Waals surface area contributed by atoms with Gasteiger partial charge in [-0.15, -0.1) is 0 Å². The van der Waals surface area contributed by atoms with Crippen molar-refractivity contribution in [2.45, 2.75) is 82.2 Å². The quantitative estimate of drug-likeness (QED) is 0.258. The fraction of sp³-hybridized carbons (Fsp3) is 0.944. The normalized spacial score (nSPS) is 23.4. The Bertz CT molecular complexity index is 694. The van der Waals surface area contributed by atoms with Crippen molar-refractivity contribution in [1.29, 1.82) is 0 Å². The molecule has 1 rings (SSSR count). The van der Waals surface area contributed by atoms with Crippen LogP contribution in [0.25, 0.3) is 0 Å². The summed E-state index contributed by atoms with van der Waals surface area (Å²) < 4.78 is 89.2. The van der Waals surface area contributed by atoms with Crippen LogP contribution in [0.2, 0.25) is 0 Å². The van der Waals surface area contributed by atoms with Crippen LogP contribution in [0.5, 0.6) is 0 Å². The van der Waals surface area contributed by atoms with Gasteiger partial charge in [0, 0.05) is 11.8 Å². The first-order valence-corrected chi connectivity index (χ1v) is 11.2. The number of aliphatic hydroxyl groups is 2.